The molecule has 1 N–H and O–H groups in total. The number of anilines is 1. The van der Waals surface area contributed by atoms with Crippen molar-refractivity contribution in [3.8, 4) is 28.7 Å². The largest absolute Gasteiger partial charge is 0.493 e. The van der Waals surface area contributed by atoms with Crippen LogP contribution in [0.4, 0.5) is 5.69 Å². The maximum atomic E-state index is 12.4. The first-order valence-electron chi connectivity index (χ1n) is 8.26. The lowest BCUT2D eigenvalue weighted by Gasteiger charge is -2.14. The van der Waals surface area contributed by atoms with Crippen LogP contribution in [0.25, 0.3) is 11.5 Å². The van der Waals surface area contributed by atoms with Crippen molar-refractivity contribution in [2.24, 2.45) is 0 Å². The van der Waals surface area contributed by atoms with Crippen molar-refractivity contribution in [2.75, 3.05) is 26.6 Å². The molecule has 0 atom stereocenters. The highest BCUT2D eigenvalue weighted by atomic mass is 16.5. The predicted molar refractivity (Wildman–Crippen MR) is 101 cm³/mol. The monoisotopic (exact) mass is 385 g/mol. The van der Waals surface area contributed by atoms with Crippen molar-refractivity contribution in [3.05, 3.63) is 53.3 Å². The summed E-state index contributed by atoms with van der Waals surface area (Å²) in [5.41, 5.74) is 0.463. The smallest absolute Gasteiger partial charge is 0.254 e. The molecule has 9 nitrogen and oxygen atoms in total. The van der Waals surface area contributed by atoms with Gasteiger partial charge >= 0.3 is 0 Å². The van der Waals surface area contributed by atoms with Gasteiger partial charge in [-0.1, -0.05) is 0 Å². The molecule has 146 valence electrons. The lowest BCUT2D eigenvalue weighted by Crippen LogP contribution is -2.27. The van der Waals surface area contributed by atoms with Crippen LogP contribution < -0.4 is 25.1 Å². The van der Waals surface area contributed by atoms with Crippen LogP contribution in [0.5, 0.6) is 17.2 Å². The van der Waals surface area contributed by atoms with Crippen LogP contribution in [0.1, 0.15) is 0 Å². The van der Waals surface area contributed by atoms with E-state index in [1.807, 2.05) is 0 Å². The number of furan rings is 1. The molecule has 0 aliphatic rings. The molecule has 0 aliphatic heterocycles. The number of carbonyl (C=O) groups is 1. The van der Waals surface area contributed by atoms with E-state index in [2.05, 4.69) is 10.3 Å². The molecular weight excluding hydrogens is 366 g/mol. The van der Waals surface area contributed by atoms with Gasteiger partial charge in [-0.05, 0) is 12.1 Å². The van der Waals surface area contributed by atoms with Gasteiger partial charge in [0.1, 0.15) is 12.2 Å². The van der Waals surface area contributed by atoms with Crippen molar-refractivity contribution >= 4 is 11.6 Å². The zero-order valence-electron chi connectivity index (χ0n) is 15.6. The highest BCUT2D eigenvalue weighted by molar-refractivity contribution is 5.91. The molecule has 0 saturated heterocycles. The summed E-state index contributed by atoms with van der Waals surface area (Å²) >= 11 is 0. The number of ether oxygens (including phenoxy) is 3. The van der Waals surface area contributed by atoms with E-state index in [1.54, 1.807) is 24.3 Å². The molecular formula is C19H19N3O6. The summed E-state index contributed by atoms with van der Waals surface area (Å²) in [6, 6.07) is 7.91. The zero-order valence-corrected chi connectivity index (χ0v) is 15.6. The molecule has 3 aromatic rings. The quantitative estimate of drug-likeness (QED) is 0.664. The predicted octanol–water partition coefficient (Wildman–Crippen LogP) is 2.17. The van der Waals surface area contributed by atoms with Gasteiger partial charge in [0.25, 0.3) is 5.56 Å². The second kappa shape index (κ2) is 8.30. The molecule has 0 saturated carbocycles. The van der Waals surface area contributed by atoms with Crippen molar-refractivity contribution in [3.63, 3.8) is 0 Å². The third-order valence-corrected chi connectivity index (χ3v) is 3.92. The number of hydrogen-bond acceptors (Lipinski definition) is 7. The van der Waals surface area contributed by atoms with Crippen LogP contribution in [-0.4, -0.2) is 36.8 Å². The van der Waals surface area contributed by atoms with Crippen LogP contribution in [0.3, 0.4) is 0 Å². The van der Waals surface area contributed by atoms with E-state index in [4.69, 9.17) is 18.6 Å². The van der Waals surface area contributed by atoms with Gasteiger partial charge in [0, 0.05) is 23.9 Å². The molecule has 3 rings (SSSR count). The first-order valence-corrected chi connectivity index (χ1v) is 8.26. The molecule has 0 spiro atoms. The minimum absolute atomic E-state index is 0.207. The number of nitrogens with zero attached hydrogens (tertiary/aromatic N) is 2. The molecule has 0 radical (unpaired) electrons. The number of methoxy groups -OCH3 is 3. The van der Waals surface area contributed by atoms with Gasteiger partial charge in [-0.3, -0.25) is 14.2 Å². The van der Waals surface area contributed by atoms with Crippen molar-refractivity contribution < 1.29 is 23.4 Å². The standard InChI is InChI=1S/C19H19N3O6/c1-25-15-7-12(8-16(26-2)19(15)27-3)21-17(23)10-22-11-20-13(9-18(22)24)14-5-4-6-28-14/h4-9,11H,10H2,1-3H3,(H,21,23). The van der Waals surface area contributed by atoms with Gasteiger partial charge in [0.15, 0.2) is 17.3 Å². The van der Waals surface area contributed by atoms with Crippen LogP contribution in [-0.2, 0) is 11.3 Å². The number of rotatable bonds is 7. The first-order chi connectivity index (χ1) is 13.5. The third-order valence-electron chi connectivity index (χ3n) is 3.92. The average molecular weight is 385 g/mol. The number of nitrogens with one attached hydrogen (secondary N) is 1. The molecule has 2 aromatic heterocycles. The van der Waals surface area contributed by atoms with E-state index in [0.717, 1.165) is 0 Å². The van der Waals surface area contributed by atoms with Crippen LogP contribution in [0.15, 0.2) is 52.1 Å². The molecule has 0 aliphatic carbocycles. The van der Waals surface area contributed by atoms with E-state index in [9.17, 15) is 9.59 Å². The fourth-order valence-corrected chi connectivity index (χ4v) is 2.61. The van der Waals surface area contributed by atoms with E-state index >= 15 is 0 Å². The van der Waals surface area contributed by atoms with Gasteiger partial charge < -0.3 is 23.9 Å². The van der Waals surface area contributed by atoms with Crippen molar-refractivity contribution in [1.29, 1.82) is 0 Å². The third kappa shape index (κ3) is 3.98. The van der Waals surface area contributed by atoms with Gasteiger partial charge in [-0.2, -0.15) is 0 Å². The Labute approximate surface area is 160 Å². The Hall–Kier alpha value is -3.75. The molecule has 9 heteroatoms. The van der Waals surface area contributed by atoms with E-state index < -0.39 is 5.91 Å². The average Bonchev–Trinajstić information content (AvgIpc) is 3.23. The number of benzene rings is 1. The molecule has 28 heavy (non-hydrogen) atoms. The Morgan fingerprint density at radius 1 is 1.14 bits per heavy atom. The van der Waals surface area contributed by atoms with Crippen molar-refractivity contribution in [2.45, 2.75) is 6.54 Å². The summed E-state index contributed by atoms with van der Waals surface area (Å²) < 4.78 is 22.2. The fourth-order valence-electron chi connectivity index (χ4n) is 2.61. The maximum absolute atomic E-state index is 12.4. The van der Waals surface area contributed by atoms with Gasteiger partial charge in [0.2, 0.25) is 11.7 Å². The number of aromatic nitrogens is 2. The molecule has 0 bridgehead atoms. The summed E-state index contributed by atoms with van der Waals surface area (Å²) in [4.78, 5) is 28.8. The summed E-state index contributed by atoms with van der Waals surface area (Å²) in [5, 5.41) is 2.70. The molecule has 1 amide bonds. The van der Waals surface area contributed by atoms with E-state index in [0.29, 0.717) is 34.4 Å². The summed E-state index contributed by atoms with van der Waals surface area (Å²) in [7, 11) is 4.45. The number of carbonyl (C=O) groups excluding carboxylic acids is 1. The molecule has 0 fully saturated rings. The second-order valence-corrected chi connectivity index (χ2v) is 5.68. The van der Waals surface area contributed by atoms with Crippen LogP contribution >= 0.6 is 0 Å². The lowest BCUT2D eigenvalue weighted by molar-refractivity contribution is -0.116. The summed E-state index contributed by atoms with van der Waals surface area (Å²) in [5.74, 6) is 1.28. The Bertz CT molecular complexity index is 1000. The number of hydrogen-bond donors (Lipinski definition) is 1. The Balaban J connectivity index is 1.76. The molecule has 1 aromatic carbocycles. The van der Waals surface area contributed by atoms with Gasteiger partial charge in [0.05, 0.1) is 33.9 Å². The Morgan fingerprint density at radius 2 is 1.86 bits per heavy atom. The molecule has 2 heterocycles. The highest BCUT2D eigenvalue weighted by Gasteiger charge is 2.15. The Kier molecular flexibility index (Phi) is 5.64. The fraction of sp³-hybridized carbons (Fsp3) is 0.211. The minimum atomic E-state index is -0.413. The van der Waals surface area contributed by atoms with Gasteiger partial charge in [-0.15, -0.1) is 0 Å². The maximum Gasteiger partial charge on any atom is 0.254 e. The normalized spacial score (nSPS) is 10.4. The Morgan fingerprint density at radius 3 is 2.39 bits per heavy atom. The number of amides is 1. The zero-order chi connectivity index (χ0) is 20.1. The van der Waals surface area contributed by atoms with Crippen LogP contribution in [0.2, 0.25) is 0 Å². The van der Waals surface area contributed by atoms with Crippen molar-refractivity contribution in [1.82, 2.24) is 9.55 Å². The van der Waals surface area contributed by atoms with E-state index in [1.165, 1.54) is 44.6 Å². The van der Waals surface area contributed by atoms with Gasteiger partial charge in [-0.25, -0.2) is 4.98 Å². The topological polar surface area (TPSA) is 105 Å². The highest BCUT2D eigenvalue weighted by Crippen LogP contribution is 2.39. The molecule has 0 unspecified atom stereocenters. The van der Waals surface area contributed by atoms with E-state index in [-0.39, 0.29) is 12.1 Å². The second-order valence-electron chi connectivity index (χ2n) is 5.68. The first kappa shape index (κ1) is 19.0. The minimum Gasteiger partial charge on any atom is -0.493 e. The lowest BCUT2D eigenvalue weighted by atomic mass is 10.2. The summed E-state index contributed by atoms with van der Waals surface area (Å²) in [6.07, 6.45) is 2.79. The SMILES string of the molecule is COc1cc(NC(=O)Cn2cnc(-c3ccco3)cc2=O)cc(OC)c1OC. The summed E-state index contributed by atoms with van der Waals surface area (Å²) in [6.45, 7) is -0.207. The van der Waals surface area contributed by atoms with Crippen LogP contribution in [0, 0.1) is 0 Å².